The molecule has 0 radical (unpaired) electrons. The van der Waals surface area contributed by atoms with Gasteiger partial charge in [-0.15, -0.1) is 0 Å². The number of hydrogen-bond donors (Lipinski definition) is 0. The summed E-state index contributed by atoms with van der Waals surface area (Å²) in [6.45, 7) is 9.16. The highest BCUT2D eigenvalue weighted by Gasteiger charge is 2.41. The zero-order chi connectivity index (χ0) is 24.5. The Morgan fingerprint density at radius 2 is 1.43 bits per heavy atom. The summed E-state index contributed by atoms with van der Waals surface area (Å²) in [5.41, 5.74) is 6.57. The second-order valence-corrected chi connectivity index (χ2v) is 12.1. The van der Waals surface area contributed by atoms with E-state index in [-0.39, 0.29) is 17.0 Å². The summed E-state index contributed by atoms with van der Waals surface area (Å²) in [6.07, 6.45) is 4.45. The topological polar surface area (TPSA) is 12.5 Å². The van der Waals surface area contributed by atoms with Gasteiger partial charge in [-0.2, -0.15) is 11.8 Å². The molecule has 4 heteroatoms. The SMILES string of the molecule is CC(C)(C)N1CCC2(CCc3cc(-c4ccc(CSCc5ccc(F)cc5)cc4)ccc3O2)CC1. The minimum Gasteiger partial charge on any atom is -0.487 e. The summed E-state index contributed by atoms with van der Waals surface area (Å²) < 4.78 is 19.7. The molecule has 0 amide bonds. The Kier molecular flexibility index (Phi) is 6.96. The van der Waals surface area contributed by atoms with Crippen LogP contribution in [-0.4, -0.2) is 29.1 Å². The molecule has 184 valence electrons. The fourth-order valence-corrected chi connectivity index (χ4v) is 6.26. The fourth-order valence-electron chi connectivity index (χ4n) is 5.30. The van der Waals surface area contributed by atoms with Crippen molar-refractivity contribution >= 4 is 11.8 Å². The molecule has 0 N–H and O–H groups in total. The Morgan fingerprint density at radius 1 is 0.829 bits per heavy atom. The van der Waals surface area contributed by atoms with Gasteiger partial charge in [0, 0.05) is 30.1 Å². The van der Waals surface area contributed by atoms with Gasteiger partial charge in [-0.1, -0.05) is 42.5 Å². The van der Waals surface area contributed by atoms with E-state index in [9.17, 15) is 4.39 Å². The molecule has 1 spiro atoms. The number of ether oxygens (including phenoxy) is 1. The zero-order valence-corrected chi connectivity index (χ0v) is 22.0. The van der Waals surface area contributed by atoms with Crippen LogP contribution in [0.2, 0.25) is 0 Å². The van der Waals surface area contributed by atoms with Crippen LogP contribution in [0.4, 0.5) is 4.39 Å². The monoisotopic (exact) mass is 489 g/mol. The predicted octanol–water partition coefficient (Wildman–Crippen LogP) is 7.88. The number of piperidine rings is 1. The van der Waals surface area contributed by atoms with E-state index in [2.05, 4.69) is 68.1 Å². The molecule has 3 aromatic rings. The number of aryl methyl sites for hydroxylation is 1. The molecule has 2 aliphatic heterocycles. The molecule has 0 aliphatic carbocycles. The van der Waals surface area contributed by atoms with E-state index < -0.39 is 0 Å². The summed E-state index contributed by atoms with van der Waals surface area (Å²) >= 11 is 1.86. The highest BCUT2D eigenvalue weighted by atomic mass is 32.2. The standard InChI is InChI=1S/C31H36FNOS/c1-30(2,3)33-18-16-31(17-19-33)15-14-27-20-26(10-13-29(27)34-31)25-8-4-23(5-9-25)21-35-22-24-6-11-28(32)12-7-24/h4-13,20H,14-19,21-22H2,1-3H3. The third-order valence-electron chi connectivity index (χ3n) is 7.60. The second kappa shape index (κ2) is 9.99. The number of hydrogen-bond acceptors (Lipinski definition) is 3. The largest absolute Gasteiger partial charge is 0.487 e. The first-order chi connectivity index (χ1) is 16.8. The molecule has 0 atom stereocenters. The summed E-state index contributed by atoms with van der Waals surface area (Å²) in [6, 6.07) is 22.4. The Morgan fingerprint density at radius 3 is 2.06 bits per heavy atom. The fraction of sp³-hybridized carbons (Fsp3) is 0.419. The highest BCUT2D eigenvalue weighted by molar-refractivity contribution is 7.97. The maximum absolute atomic E-state index is 13.1. The molecule has 2 nitrogen and oxygen atoms in total. The van der Waals surface area contributed by atoms with Gasteiger partial charge in [-0.3, -0.25) is 4.90 Å². The minimum atomic E-state index is -0.177. The lowest BCUT2D eigenvalue weighted by Gasteiger charge is -2.48. The van der Waals surface area contributed by atoms with Gasteiger partial charge in [0.2, 0.25) is 0 Å². The molecule has 1 saturated heterocycles. The maximum atomic E-state index is 13.1. The van der Waals surface area contributed by atoms with E-state index in [0.717, 1.165) is 61.6 Å². The van der Waals surface area contributed by atoms with E-state index >= 15 is 0 Å². The van der Waals surface area contributed by atoms with E-state index in [0.29, 0.717) is 0 Å². The first-order valence-electron chi connectivity index (χ1n) is 12.8. The minimum absolute atomic E-state index is 0.0174. The van der Waals surface area contributed by atoms with Gasteiger partial charge in [-0.25, -0.2) is 4.39 Å². The Bertz CT molecular complexity index is 1140. The van der Waals surface area contributed by atoms with Gasteiger partial charge in [-0.05, 0) is 98.5 Å². The first kappa shape index (κ1) is 24.4. The van der Waals surface area contributed by atoms with Gasteiger partial charge in [0.25, 0.3) is 0 Å². The molecular formula is C31H36FNOS. The number of rotatable bonds is 5. The highest BCUT2D eigenvalue weighted by Crippen LogP contribution is 2.41. The average Bonchev–Trinajstić information content (AvgIpc) is 2.85. The van der Waals surface area contributed by atoms with Crippen molar-refractivity contribution in [3.63, 3.8) is 0 Å². The third kappa shape index (κ3) is 5.76. The molecule has 2 aliphatic rings. The number of thioether (sulfide) groups is 1. The van der Waals surface area contributed by atoms with Crippen LogP contribution in [-0.2, 0) is 17.9 Å². The van der Waals surface area contributed by atoms with Crippen molar-refractivity contribution in [3.8, 4) is 16.9 Å². The number of likely N-dealkylation sites (tertiary alicyclic amines) is 1. The average molecular weight is 490 g/mol. The number of fused-ring (bicyclic) bond motifs is 1. The van der Waals surface area contributed by atoms with Crippen LogP contribution in [0.5, 0.6) is 5.75 Å². The molecule has 0 aromatic heterocycles. The van der Waals surface area contributed by atoms with Crippen LogP contribution < -0.4 is 4.74 Å². The van der Waals surface area contributed by atoms with Gasteiger partial charge in [0.1, 0.15) is 17.2 Å². The summed E-state index contributed by atoms with van der Waals surface area (Å²) in [4.78, 5) is 2.59. The molecule has 0 saturated carbocycles. The van der Waals surface area contributed by atoms with Crippen LogP contribution in [0.15, 0.2) is 66.7 Å². The van der Waals surface area contributed by atoms with Crippen LogP contribution in [0.25, 0.3) is 11.1 Å². The van der Waals surface area contributed by atoms with Crippen molar-refractivity contribution in [2.24, 2.45) is 0 Å². The predicted molar refractivity (Wildman–Crippen MR) is 146 cm³/mol. The lowest BCUT2D eigenvalue weighted by molar-refractivity contribution is -0.0355. The van der Waals surface area contributed by atoms with Crippen molar-refractivity contribution in [1.29, 1.82) is 0 Å². The van der Waals surface area contributed by atoms with E-state index in [1.54, 1.807) is 0 Å². The normalized spacial score (nSPS) is 17.7. The Hall–Kier alpha value is -2.30. The summed E-state index contributed by atoms with van der Waals surface area (Å²) in [5.74, 6) is 2.74. The van der Waals surface area contributed by atoms with Crippen LogP contribution in [0.1, 0.15) is 56.7 Å². The number of benzene rings is 3. The van der Waals surface area contributed by atoms with Crippen molar-refractivity contribution in [3.05, 3.63) is 89.2 Å². The molecule has 3 aromatic carbocycles. The Balaban J connectivity index is 1.19. The lowest BCUT2D eigenvalue weighted by atomic mass is 9.81. The van der Waals surface area contributed by atoms with Crippen molar-refractivity contribution in [2.45, 2.75) is 69.1 Å². The van der Waals surface area contributed by atoms with Crippen molar-refractivity contribution < 1.29 is 9.13 Å². The van der Waals surface area contributed by atoms with Crippen molar-refractivity contribution in [2.75, 3.05) is 13.1 Å². The lowest BCUT2D eigenvalue weighted by Crippen LogP contribution is -2.54. The van der Waals surface area contributed by atoms with Gasteiger partial charge in [0.05, 0.1) is 0 Å². The van der Waals surface area contributed by atoms with Crippen LogP contribution in [0, 0.1) is 5.82 Å². The van der Waals surface area contributed by atoms with Crippen molar-refractivity contribution in [1.82, 2.24) is 4.90 Å². The van der Waals surface area contributed by atoms with Gasteiger partial charge in [0.15, 0.2) is 0 Å². The second-order valence-electron chi connectivity index (χ2n) is 11.1. The third-order valence-corrected chi connectivity index (χ3v) is 8.67. The van der Waals surface area contributed by atoms with E-state index in [4.69, 9.17) is 4.74 Å². The summed E-state index contributed by atoms with van der Waals surface area (Å²) in [5, 5.41) is 0. The smallest absolute Gasteiger partial charge is 0.123 e. The van der Waals surface area contributed by atoms with Crippen LogP contribution >= 0.6 is 11.8 Å². The number of nitrogens with zero attached hydrogens (tertiary/aromatic N) is 1. The number of halogens is 1. The van der Waals surface area contributed by atoms with Gasteiger partial charge >= 0.3 is 0 Å². The molecule has 2 heterocycles. The molecule has 1 fully saturated rings. The van der Waals surface area contributed by atoms with Crippen LogP contribution in [0.3, 0.4) is 0 Å². The zero-order valence-electron chi connectivity index (χ0n) is 21.1. The Labute approximate surface area is 213 Å². The maximum Gasteiger partial charge on any atom is 0.123 e. The van der Waals surface area contributed by atoms with E-state index in [1.165, 1.54) is 34.4 Å². The molecule has 0 bridgehead atoms. The quantitative estimate of drug-likeness (QED) is 0.362. The summed E-state index contributed by atoms with van der Waals surface area (Å²) in [7, 11) is 0. The first-order valence-corrected chi connectivity index (χ1v) is 13.9. The molecule has 0 unspecified atom stereocenters. The molecular weight excluding hydrogens is 453 g/mol. The van der Waals surface area contributed by atoms with Gasteiger partial charge < -0.3 is 4.74 Å². The van der Waals surface area contributed by atoms with E-state index in [1.807, 2.05) is 23.9 Å². The molecule has 35 heavy (non-hydrogen) atoms. The molecule has 5 rings (SSSR count).